The third-order valence-corrected chi connectivity index (χ3v) is 3.01. The minimum atomic E-state index is 0.333. The summed E-state index contributed by atoms with van der Waals surface area (Å²) in [6.45, 7) is 11.3. The monoisotopic (exact) mass is 248 g/mol. The van der Waals surface area contributed by atoms with Crippen LogP contribution in [0, 0.1) is 5.41 Å². The van der Waals surface area contributed by atoms with Crippen molar-refractivity contribution in [2.45, 2.75) is 33.9 Å². The summed E-state index contributed by atoms with van der Waals surface area (Å²) < 4.78 is 5.76. The number of nitrogens with one attached hydrogen (secondary N) is 2. The smallest absolute Gasteiger partial charge is 0.119 e. The molecule has 2 N–H and O–H groups in total. The molecule has 1 aromatic rings. The van der Waals surface area contributed by atoms with Crippen LogP contribution in [-0.4, -0.2) is 19.7 Å². The van der Waals surface area contributed by atoms with Crippen molar-refractivity contribution in [1.82, 2.24) is 10.6 Å². The first-order chi connectivity index (χ1) is 8.54. The van der Waals surface area contributed by atoms with Crippen LogP contribution in [0.4, 0.5) is 0 Å². The molecule has 1 aliphatic heterocycles. The van der Waals surface area contributed by atoms with Gasteiger partial charge in [0.25, 0.3) is 0 Å². The number of fused-ring (bicyclic) bond motifs is 1. The third-order valence-electron chi connectivity index (χ3n) is 3.01. The number of rotatable bonds is 5. The molecule has 0 bridgehead atoms. The van der Waals surface area contributed by atoms with Crippen molar-refractivity contribution in [2.75, 3.05) is 19.7 Å². The molecule has 0 aliphatic carbocycles. The van der Waals surface area contributed by atoms with Gasteiger partial charge < -0.3 is 15.4 Å². The van der Waals surface area contributed by atoms with Crippen molar-refractivity contribution in [1.29, 1.82) is 0 Å². The van der Waals surface area contributed by atoms with Gasteiger partial charge in [0.2, 0.25) is 0 Å². The van der Waals surface area contributed by atoms with Gasteiger partial charge in [-0.25, -0.2) is 0 Å². The molecule has 3 heteroatoms. The Hall–Kier alpha value is -1.06. The standard InChI is InChI=1S/C15H24N2O/c1-15(2,3)11-16-6-7-18-14-5-4-12-9-17-10-13(12)8-14/h4-5,8,16-17H,6-7,9-11H2,1-3H3. The maximum Gasteiger partial charge on any atom is 0.119 e. The number of benzene rings is 1. The summed E-state index contributed by atoms with van der Waals surface area (Å²) in [6.07, 6.45) is 0. The van der Waals surface area contributed by atoms with Crippen LogP contribution in [0.1, 0.15) is 31.9 Å². The SMILES string of the molecule is CC(C)(C)CNCCOc1ccc2c(c1)CNC2. The summed E-state index contributed by atoms with van der Waals surface area (Å²) >= 11 is 0. The van der Waals surface area contributed by atoms with Crippen LogP contribution >= 0.6 is 0 Å². The molecule has 3 nitrogen and oxygen atoms in total. The van der Waals surface area contributed by atoms with Crippen molar-refractivity contribution in [3.05, 3.63) is 29.3 Å². The largest absolute Gasteiger partial charge is 0.492 e. The molecule has 100 valence electrons. The van der Waals surface area contributed by atoms with E-state index in [2.05, 4.69) is 49.6 Å². The first kappa shape index (κ1) is 13.4. The molecule has 0 amide bonds. The summed E-state index contributed by atoms with van der Waals surface area (Å²) in [5.41, 5.74) is 3.10. The molecule has 0 radical (unpaired) electrons. The van der Waals surface area contributed by atoms with E-state index >= 15 is 0 Å². The lowest BCUT2D eigenvalue weighted by Gasteiger charge is -2.18. The molecular formula is C15H24N2O. The van der Waals surface area contributed by atoms with E-state index < -0.39 is 0 Å². The van der Waals surface area contributed by atoms with E-state index in [1.54, 1.807) is 0 Å². The molecule has 1 aromatic carbocycles. The molecule has 0 aromatic heterocycles. The van der Waals surface area contributed by atoms with Gasteiger partial charge >= 0.3 is 0 Å². The second-order valence-electron chi connectivity index (χ2n) is 6.12. The zero-order chi connectivity index (χ0) is 13.0. The molecule has 1 aliphatic rings. The average molecular weight is 248 g/mol. The number of hydrogen-bond donors (Lipinski definition) is 2. The van der Waals surface area contributed by atoms with Gasteiger partial charge in [0.1, 0.15) is 12.4 Å². The maximum absolute atomic E-state index is 5.76. The first-order valence-corrected chi connectivity index (χ1v) is 6.71. The zero-order valence-corrected chi connectivity index (χ0v) is 11.7. The highest BCUT2D eigenvalue weighted by Crippen LogP contribution is 2.21. The molecule has 0 unspecified atom stereocenters. The minimum Gasteiger partial charge on any atom is -0.492 e. The lowest BCUT2D eigenvalue weighted by molar-refractivity contribution is 0.297. The molecular weight excluding hydrogens is 224 g/mol. The van der Waals surface area contributed by atoms with E-state index in [9.17, 15) is 0 Å². The Bertz CT molecular complexity index is 396. The predicted octanol–water partition coefficient (Wildman–Crippen LogP) is 2.30. The molecule has 0 spiro atoms. The molecule has 2 rings (SSSR count). The van der Waals surface area contributed by atoms with Crippen molar-refractivity contribution in [3.63, 3.8) is 0 Å². The Kier molecular flexibility index (Phi) is 4.25. The van der Waals surface area contributed by atoms with Gasteiger partial charge in [-0.15, -0.1) is 0 Å². The maximum atomic E-state index is 5.76. The highest BCUT2D eigenvalue weighted by atomic mass is 16.5. The number of ether oxygens (including phenoxy) is 1. The fourth-order valence-corrected chi connectivity index (χ4v) is 2.07. The Balaban J connectivity index is 1.71. The highest BCUT2D eigenvalue weighted by molar-refractivity contribution is 5.37. The second-order valence-corrected chi connectivity index (χ2v) is 6.12. The zero-order valence-electron chi connectivity index (χ0n) is 11.7. The van der Waals surface area contributed by atoms with Crippen molar-refractivity contribution >= 4 is 0 Å². The van der Waals surface area contributed by atoms with Crippen LogP contribution in [0.25, 0.3) is 0 Å². The van der Waals surface area contributed by atoms with Gasteiger partial charge in [-0.2, -0.15) is 0 Å². The normalized spacial score (nSPS) is 14.6. The summed E-state index contributed by atoms with van der Waals surface area (Å²) in [6, 6.07) is 6.38. The molecule has 0 saturated carbocycles. The summed E-state index contributed by atoms with van der Waals surface area (Å²) in [5, 5.41) is 6.75. The van der Waals surface area contributed by atoms with Crippen LogP contribution in [0.3, 0.4) is 0 Å². The fourth-order valence-electron chi connectivity index (χ4n) is 2.07. The van der Waals surface area contributed by atoms with E-state index in [-0.39, 0.29) is 0 Å². The molecule has 0 atom stereocenters. The molecule has 18 heavy (non-hydrogen) atoms. The van der Waals surface area contributed by atoms with Crippen LogP contribution in [-0.2, 0) is 13.1 Å². The Morgan fingerprint density at radius 3 is 2.78 bits per heavy atom. The van der Waals surface area contributed by atoms with Crippen molar-refractivity contribution in [2.24, 2.45) is 5.41 Å². The van der Waals surface area contributed by atoms with Crippen LogP contribution in [0.15, 0.2) is 18.2 Å². The van der Waals surface area contributed by atoms with E-state index in [0.717, 1.165) is 38.5 Å². The fraction of sp³-hybridized carbons (Fsp3) is 0.600. The Morgan fingerprint density at radius 1 is 1.22 bits per heavy atom. The van der Waals surface area contributed by atoms with Crippen molar-refractivity contribution < 1.29 is 4.74 Å². The topological polar surface area (TPSA) is 33.3 Å². The van der Waals surface area contributed by atoms with Gasteiger partial charge in [-0.05, 0) is 28.7 Å². The van der Waals surface area contributed by atoms with Crippen molar-refractivity contribution in [3.8, 4) is 5.75 Å². The molecule has 0 saturated heterocycles. The summed E-state index contributed by atoms with van der Waals surface area (Å²) in [7, 11) is 0. The van der Waals surface area contributed by atoms with Crippen LogP contribution in [0.5, 0.6) is 5.75 Å². The Labute approximate surface area is 110 Å². The Morgan fingerprint density at radius 2 is 2.00 bits per heavy atom. The second kappa shape index (κ2) is 5.72. The van der Waals surface area contributed by atoms with E-state index in [4.69, 9.17) is 4.74 Å². The third kappa shape index (κ3) is 4.00. The van der Waals surface area contributed by atoms with E-state index in [1.807, 2.05) is 0 Å². The lowest BCUT2D eigenvalue weighted by Crippen LogP contribution is -2.30. The van der Waals surface area contributed by atoms with Gasteiger partial charge in [0.05, 0.1) is 0 Å². The lowest BCUT2D eigenvalue weighted by atomic mass is 9.97. The van der Waals surface area contributed by atoms with Gasteiger partial charge in [0, 0.05) is 26.2 Å². The quantitative estimate of drug-likeness (QED) is 0.785. The molecule has 0 fully saturated rings. The minimum absolute atomic E-state index is 0.333. The number of hydrogen-bond acceptors (Lipinski definition) is 3. The average Bonchev–Trinajstić information content (AvgIpc) is 2.74. The van der Waals surface area contributed by atoms with Crippen LogP contribution < -0.4 is 15.4 Å². The van der Waals surface area contributed by atoms with E-state index in [1.165, 1.54) is 11.1 Å². The first-order valence-electron chi connectivity index (χ1n) is 6.71. The van der Waals surface area contributed by atoms with Gasteiger partial charge in [-0.3, -0.25) is 0 Å². The summed E-state index contributed by atoms with van der Waals surface area (Å²) in [5.74, 6) is 0.981. The van der Waals surface area contributed by atoms with Crippen LogP contribution in [0.2, 0.25) is 0 Å². The van der Waals surface area contributed by atoms with Gasteiger partial charge in [0.15, 0.2) is 0 Å². The summed E-state index contributed by atoms with van der Waals surface area (Å²) in [4.78, 5) is 0. The van der Waals surface area contributed by atoms with Gasteiger partial charge in [-0.1, -0.05) is 26.8 Å². The van der Waals surface area contributed by atoms with E-state index in [0.29, 0.717) is 5.41 Å². The molecule has 1 heterocycles. The highest BCUT2D eigenvalue weighted by Gasteiger charge is 2.11. The predicted molar refractivity (Wildman–Crippen MR) is 74.8 cm³/mol.